The van der Waals surface area contributed by atoms with E-state index in [0.717, 1.165) is 31.0 Å². The van der Waals surface area contributed by atoms with Gasteiger partial charge in [-0.3, -0.25) is 0 Å². The zero-order valence-electron chi connectivity index (χ0n) is 15.2. The highest BCUT2D eigenvalue weighted by Crippen LogP contribution is 2.37. The number of halogens is 1. The van der Waals surface area contributed by atoms with Gasteiger partial charge in [0.2, 0.25) is 5.75 Å². The smallest absolute Gasteiger partial charge is 0.200 e. The molecule has 0 saturated heterocycles. The highest BCUT2D eigenvalue weighted by atomic mass is 127. The van der Waals surface area contributed by atoms with Gasteiger partial charge in [0.25, 0.3) is 0 Å². The summed E-state index contributed by atoms with van der Waals surface area (Å²) in [5, 5.41) is 16.5. The van der Waals surface area contributed by atoms with Gasteiger partial charge in [-0.25, -0.2) is 4.99 Å². The van der Waals surface area contributed by atoms with Gasteiger partial charge in [0, 0.05) is 13.1 Å². The van der Waals surface area contributed by atoms with E-state index in [2.05, 4.69) is 29.5 Å². The molecule has 0 aliphatic rings. The van der Waals surface area contributed by atoms with Crippen LogP contribution < -0.4 is 20.1 Å². The lowest BCUT2D eigenvalue weighted by molar-refractivity contribution is 0.339. The number of hydrogen-bond donors (Lipinski definition) is 3. The standard InChI is InChI=1S/C17H29N3O3.HI/c1-6-18-17(19-8-7-12(2)3)20-11-13-9-14(22-4)16(21)15(10-13)23-5;/h9-10,12,21H,6-8,11H2,1-5H3,(H2,18,19,20);1H. The Morgan fingerprint density at radius 1 is 1.17 bits per heavy atom. The summed E-state index contributed by atoms with van der Waals surface area (Å²) in [6.07, 6.45) is 1.09. The number of methoxy groups -OCH3 is 2. The number of phenolic OH excluding ortho intramolecular Hbond substituents is 1. The largest absolute Gasteiger partial charge is 0.502 e. The number of nitrogens with zero attached hydrogens (tertiary/aromatic N) is 1. The van der Waals surface area contributed by atoms with Crippen LogP contribution in [0.2, 0.25) is 0 Å². The summed E-state index contributed by atoms with van der Waals surface area (Å²) in [5.41, 5.74) is 0.901. The number of nitrogens with one attached hydrogen (secondary N) is 2. The number of ether oxygens (including phenoxy) is 2. The summed E-state index contributed by atoms with van der Waals surface area (Å²) in [4.78, 5) is 4.56. The summed E-state index contributed by atoms with van der Waals surface area (Å²) < 4.78 is 10.3. The molecule has 0 spiro atoms. The molecule has 0 aliphatic heterocycles. The van der Waals surface area contributed by atoms with Crippen LogP contribution in [0.1, 0.15) is 32.8 Å². The van der Waals surface area contributed by atoms with E-state index in [-0.39, 0.29) is 29.7 Å². The average Bonchev–Trinajstić information content (AvgIpc) is 2.53. The van der Waals surface area contributed by atoms with E-state index in [4.69, 9.17) is 9.47 Å². The molecule has 0 unspecified atom stereocenters. The van der Waals surface area contributed by atoms with E-state index < -0.39 is 0 Å². The predicted octanol–water partition coefficient (Wildman–Crippen LogP) is 3.13. The molecule has 138 valence electrons. The van der Waals surface area contributed by atoms with Crippen LogP contribution in [0.4, 0.5) is 0 Å². The van der Waals surface area contributed by atoms with Gasteiger partial charge in [0.05, 0.1) is 20.8 Å². The second-order valence-electron chi connectivity index (χ2n) is 5.65. The van der Waals surface area contributed by atoms with E-state index in [1.54, 1.807) is 12.1 Å². The molecule has 0 saturated carbocycles. The van der Waals surface area contributed by atoms with Crippen LogP contribution >= 0.6 is 24.0 Å². The fourth-order valence-corrected chi connectivity index (χ4v) is 2.03. The summed E-state index contributed by atoms with van der Waals surface area (Å²) in [5.74, 6) is 2.19. The molecule has 24 heavy (non-hydrogen) atoms. The number of aromatic hydroxyl groups is 1. The Balaban J connectivity index is 0.00000529. The third-order valence-electron chi connectivity index (χ3n) is 3.32. The molecule has 3 N–H and O–H groups in total. The summed E-state index contributed by atoms with van der Waals surface area (Å²) in [6.45, 7) is 8.57. The second-order valence-corrected chi connectivity index (χ2v) is 5.65. The van der Waals surface area contributed by atoms with Gasteiger partial charge >= 0.3 is 0 Å². The number of rotatable bonds is 8. The molecular formula is C17H30IN3O3. The van der Waals surface area contributed by atoms with Crippen molar-refractivity contribution in [3.8, 4) is 17.2 Å². The Hall–Kier alpha value is -1.38. The Morgan fingerprint density at radius 2 is 1.75 bits per heavy atom. The number of hydrogen-bond acceptors (Lipinski definition) is 4. The Labute approximate surface area is 162 Å². The van der Waals surface area contributed by atoms with Crippen molar-refractivity contribution in [2.24, 2.45) is 10.9 Å². The molecule has 0 radical (unpaired) electrons. The molecule has 0 aromatic heterocycles. The van der Waals surface area contributed by atoms with E-state index >= 15 is 0 Å². The molecule has 6 nitrogen and oxygen atoms in total. The van der Waals surface area contributed by atoms with Crippen molar-refractivity contribution in [2.45, 2.75) is 33.7 Å². The number of benzene rings is 1. The maximum absolute atomic E-state index is 9.93. The Bertz CT molecular complexity index is 497. The van der Waals surface area contributed by atoms with Gasteiger partial charge < -0.3 is 25.2 Å². The van der Waals surface area contributed by atoms with Crippen molar-refractivity contribution < 1.29 is 14.6 Å². The lowest BCUT2D eigenvalue weighted by Gasteiger charge is -2.13. The van der Waals surface area contributed by atoms with Gasteiger partial charge in [-0.1, -0.05) is 13.8 Å². The van der Waals surface area contributed by atoms with Crippen molar-refractivity contribution in [2.75, 3.05) is 27.3 Å². The zero-order valence-corrected chi connectivity index (χ0v) is 17.5. The van der Waals surface area contributed by atoms with Crippen molar-refractivity contribution in [3.05, 3.63) is 17.7 Å². The molecule has 1 aromatic carbocycles. The van der Waals surface area contributed by atoms with E-state index in [0.29, 0.717) is 24.0 Å². The first kappa shape index (κ1) is 22.6. The molecule has 1 rings (SSSR count). The highest BCUT2D eigenvalue weighted by Gasteiger charge is 2.11. The van der Waals surface area contributed by atoms with Crippen LogP contribution in [0.5, 0.6) is 17.2 Å². The fourth-order valence-electron chi connectivity index (χ4n) is 2.03. The van der Waals surface area contributed by atoms with E-state index in [9.17, 15) is 5.11 Å². The van der Waals surface area contributed by atoms with Crippen LogP contribution in [0, 0.1) is 5.92 Å². The third kappa shape index (κ3) is 7.46. The first-order chi connectivity index (χ1) is 11.0. The van der Waals surface area contributed by atoms with Crippen LogP contribution in [0.15, 0.2) is 17.1 Å². The minimum Gasteiger partial charge on any atom is -0.502 e. The van der Waals surface area contributed by atoms with E-state index in [1.165, 1.54) is 14.2 Å². The summed E-state index contributed by atoms with van der Waals surface area (Å²) in [7, 11) is 3.03. The molecule has 0 atom stereocenters. The van der Waals surface area contributed by atoms with Crippen LogP contribution in [0.3, 0.4) is 0 Å². The minimum absolute atomic E-state index is 0. The van der Waals surface area contributed by atoms with Gasteiger partial charge in [-0.05, 0) is 37.0 Å². The maximum Gasteiger partial charge on any atom is 0.200 e. The predicted molar refractivity (Wildman–Crippen MR) is 109 cm³/mol. The minimum atomic E-state index is 0. The van der Waals surface area contributed by atoms with Gasteiger partial charge in [-0.2, -0.15) is 0 Å². The number of phenols is 1. The zero-order chi connectivity index (χ0) is 17.2. The monoisotopic (exact) mass is 451 g/mol. The molecule has 0 heterocycles. The first-order valence-corrected chi connectivity index (χ1v) is 7.97. The van der Waals surface area contributed by atoms with Crippen molar-refractivity contribution in [1.29, 1.82) is 0 Å². The topological polar surface area (TPSA) is 75.1 Å². The van der Waals surface area contributed by atoms with Crippen LogP contribution in [-0.2, 0) is 6.54 Å². The molecule has 0 bridgehead atoms. The Kier molecular flexibility index (Phi) is 11.4. The molecule has 7 heteroatoms. The number of aliphatic imine (C=N–C) groups is 1. The van der Waals surface area contributed by atoms with Crippen LogP contribution in [0.25, 0.3) is 0 Å². The van der Waals surface area contributed by atoms with E-state index in [1.807, 2.05) is 6.92 Å². The number of guanidine groups is 1. The van der Waals surface area contributed by atoms with Crippen molar-refractivity contribution in [1.82, 2.24) is 10.6 Å². The fraction of sp³-hybridized carbons (Fsp3) is 0.588. The van der Waals surface area contributed by atoms with Gasteiger partial charge in [-0.15, -0.1) is 24.0 Å². The lowest BCUT2D eigenvalue weighted by Crippen LogP contribution is -2.38. The maximum atomic E-state index is 9.93. The molecule has 0 aliphatic carbocycles. The molecular weight excluding hydrogens is 421 g/mol. The highest BCUT2D eigenvalue weighted by molar-refractivity contribution is 14.0. The summed E-state index contributed by atoms with van der Waals surface area (Å²) in [6, 6.07) is 3.53. The molecule has 1 aromatic rings. The Morgan fingerprint density at radius 3 is 2.21 bits per heavy atom. The SMILES string of the molecule is CCNC(=NCc1cc(OC)c(O)c(OC)c1)NCCC(C)C.I. The van der Waals surface area contributed by atoms with Crippen molar-refractivity contribution >= 4 is 29.9 Å². The van der Waals surface area contributed by atoms with Crippen molar-refractivity contribution in [3.63, 3.8) is 0 Å². The molecule has 0 amide bonds. The second kappa shape index (κ2) is 12.0. The quantitative estimate of drug-likeness (QED) is 0.322. The van der Waals surface area contributed by atoms with Gasteiger partial charge in [0.1, 0.15) is 0 Å². The summed E-state index contributed by atoms with van der Waals surface area (Å²) >= 11 is 0. The molecule has 0 fully saturated rings. The van der Waals surface area contributed by atoms with Crippen LogP contribution in [-0.4, -0.2) is 38.4 Å². The lowest BCUT2D eigenvalue weighted by atomic mass is 10.1. The normalized spacial score (nSPS) is 11.0. The first-order valence-electron chi connectivity index (χ1n) is 7.97. The average molecular weight is 451 g/mol. The van der Waals surface area contributed by atoms with Gasteiger partial charge in [0.15, 0.2) is 17.5 Å². The third-order valence-corrected chi connectivity index (χ3v) is 3.32.